The summed E-state index contributed by atoms with van der Waals surface area (Å²) in [4.78, 5) is 24.9. The molecule has 1 aliphatic rings. The van der Waals surface area contributed by atoms with Gasteiger partial charge in [0.05, 0.1) is 11.7 Å². The predicted molar refractivity (Wildman–Crippen MR) is 75.1 cm³/mol. The first-order valence-corrected chi connectivity index (χ1v) is 6.92. The molecule has 0 saturated carbocycles. The molecule has 1 amide bonds. The zero-order valence-corrected chi connectivity index (χ0v) is 11.2. The lowest BCUT2D eigenvalue weighted by molar-refractivity contribution is -0.117. The number of nitrogens with zero attached hydrogens (tertiary/aromatic N) is 2. The molecule has 2 heterocycles. The third kappa shape index (κ3) is 2.35. The maximum Gasteiger partial charge on any atom is 0.228 e. The van der Waals surface area contributed by atoms with Crippen LogP contribution in [0.5, 0.6) is 0 Å². The molecule has 0 aliphatic carbocycles. The van der Waals surface area contributed by atoms with Crippen molar-refractivity contribution < 1.29 is 9.59 Å². The normalized spacial score (nSPS) is 19.3. The number of rotatable bonds is 2. The molecule has 0 bridgehead atoms. The van der Waals surface area contributed by atoms with Crippen LogP contribution in [-0.2, 0) is 9.59 Å². The number of carbonyl (C=O) groups excluding carboxylic acids is 2. The first kappa shape index (κ1) is 12.2. The van der Waals surface area contributed by atoms with Gasteiger partial charge in [0.25, 0.3) is 0 Å². The Morgan fingerprint density at radius 3 is 3.16 bits per heavy atom. The Balaban J connectivity index is 1.85. The van der Waals surface area contributed by atoms with Gasteiger partial charge < -0.3 is 4.90 Å². The summed E-state index contributed by atoms with van der Waals surface area (Å²) >= 11 is 1.25. The van der Waals surface area contributed by atoms with Crippen LogP contribution in [0.3, 0.4) is 0 Å². The van der Waals surface area contributed by atoms with E-state index in [-0.39, 0.29) is 16.3 Å². The topological polar surface area (TPSA) is 66.1 Å². The Kier molecular flexibility index (Phi) is 3.02. The maximum atomic E-state index is 12.0. The van der Waals surface area contributed by atoms with Crippen LogP contribution in [0, 0.1) is 0 Å². The lowest BCUT2D eigenvalue weighted by Gasteiger charge is -2.16. The number of anilines is 1. The van der Waals surface area contributed by atoms with Gasteiger partial charge in [-0.05, 0) is 18.2 Å². The van der Waals surface area contributed by atoms with E-state index >= 15 is 0 Å². The minimum atomic E-state index is 0.0578. The van der Waals surface area contributed by atoms with E-state index in [1.54, 1.807) is 11.1 Å². The summed E-state index contributed by atoms with van der Waals surface area (Å²) in [6.45, 7) is 2.12. The van der Waals surface area contributed by atoms with Crippen molar-refractivity contribution in [1.29, 1.82) is 0 Å². The highest BCUT2D eigenvalue weighted by Crippen LogP contribution is 2.29. The van der Waals surface area contributed by atoms with Crippen molar-refractivity contribution in [1.82, 2.24) is 10.2 Å². The summed E-state index contributed by atoms with van der Waals surface area (Å²) in [6.07, 6.45) is 2.17. The molecule has 1 aromatic carbocycles. The lowest BCUT2D eigenvalue weighted by Crippen LogP contribution is -2.24. The first-order chi connectivity index (χ1) is 9.13. The Morgan fingerprint density at radius 2 is 2.37 bits per heavy atom. The van der Waals surface area contributed by atoms with Crippen LogP contribution >= 0.6 is 11.8 Å². The van der Waals surface area contributed by atoms with Crippen LogP contribution in [0.15, 0.2) is 24.4 Å². The fraction of sp³-hybridized carbons (Fsp3) is 0.308. The molecule has 3 rings (SSSR count). The number of thioether (sulfide) groups is 1. The summed E-state index contributed by atoms with van der Waals surface area (Å²) in [6, 6.07) is 5.77. The molecule has 2 aromatic rings. The molecule has 5 nitrogen and oxygen atoms in total. The molecule has 1 fully saturated rings. The fourth-order valence-electron chi connectivity index (χ4n) is 2.33. The fourth-order valence-corrected chi connectivity index (χ4v) is 3.25. The van der Waals surface area contributed by atoms with E-state index in [2.05, 4.69) is 10.2 Å². The van der Waals surface area contributed by atoms with Crippen molar-refractivity contribution in [2.45, 2.75) is 18.6 Å². The van der Waals surface area contributed by atoms with E-state index in [1.165, 1.54) is 18.7 Å². The van der Waals surface area contributed by atoms with E-state index in [0.717, 1.165) is 16.6 Å². The number of H-pyrrole nitrogens is 1. The van der Waals surface area contributed by atoms with Crippen LogP contribution in [-0.4, -0.2) is 33.0 Å². The SMILES string of the molecule is CC(=O)SC1CC(=O)N(c2ccc3cn[nH]c3c2)C1. The molecule has 1 N–H and O–H groups in total. The van der Waals surface area contributed by atoms with E-state index in [9.17, 15) is 9.59 Å². The highest BCUT2D eigenvalue weighted by atomic mass is 32.2. The number of benzene rings is 1. The monoisotopic (exact) mass is 275 g/mol. The van der Waals surface area contributed by atoms with Crippen LogP contribution in [0.25, 0.3) is 10.9 Å². The quantitative estimate of drug-likeness (QED) is 0.909. The van der Waals surface area contributed by atoms with Crippen molar-refractivity contribution in [2.24, 2.45) is 0 Å². The molecule has 6 heteroatoms. The highest BCUT2D eigenvalue weighted by Gasteiger charge is 2.31. The van der Waals surface area contributed by atoms with Gasteiger partial charge in [0, 0.05) is 36.2 Å². The molecular weight excluding hydrogens is 262 g/mol. The predicted octanol–water partition coefficient (Wildman–Crippen LogP) is 1.95. The third-order valence-electron chi connectivity index (χ3n) is 3.16. The summed E-state index contributed by atoms with van der Waals surface area (Å²) < 4.78 is 0. The number of aromatic amines is 1. The first-order valence-electron chi connectivity index (χ1n) is 6.04. The second kappa shape index (κ2) is 4.70. The Bertz CT molecular complexity index is 652. The van der Waals surface area contributed by atoms with Crippen molar-refractivity contribution >= 4 is 39.4 Å². The van der Waals surface area contributed by atoms with Gasteiger partial charge in [-0.1, -0.05) is 11.8 Å². The van der Waals surface area contributed by atoms with E-state index in [1.807, 2.05) is 18.2 Å². The minimum absolute atomic E-state index is 0.0578. The maximum absolute atomic E-state index is 12.0. The second-order valence-corrected chi connectivity index (χ2v) is 6.06. The van der Waals surface area contributed by atoms with Crippen LogP contribution in [0.1, 0.15) is 13.3 Å². The number of nitrogens with one attached hydrogen (secondary N) is 1. The van der Waals surface area contributed by atoms with Crippen molar-refractivity contribution in [3.63, 3.8) is 0 Å². The van der Waals surface area contributed by atoms with Gasteiger partial charge >= 0.3 is 0 Å². The second-order valence-electron chi connectivity index (χ2n) is 4.58. The highest BCUT2D eigenvalue weighted by molar-refractivity contribution is 8.14. The average Bonchev–Trinajstić information content (AvgIpc) is 2.93. The van der Waals surface area contributed by atoms with Gasteiger partial charge in [0.15, 0.2) is 5.12 Å². The molecule has 1 saturated heterocycles. The third-order valence-corrected chi connectivity index (χ3v) is 4.14. The zero-order chi connectivity index (χ0) is 13.4. The Hall–Kier alpha value is -1.82. The van der Waals surface area contributed by atoms with Gasteiger partial charge in [-0.3, -0.25) is 14.7 Å². The number of aromatic nitrogens is 2. The van der Waals surface area contributed by atoms with Crippen LogP contribution in [0.2, 0.25) is 0 Å². The van der Waals surface area contributed by atoms with E-state index in [4.69, 9.17) is 0 Å². The molecule has 0 spiro atoms. The van der Waals surface area contributed by atoms with Crippen molar-refractivity contribution in [3.8, 4) is 0 Å². The molecule has 1 aromatic heterocycles. The van der Waals surface area contributed by atoms with Gasteiger partial charge in [-0.15, -0.1) is 0 Å². The van der Waals surface area contributed by atoms with Crippen molar-refractivity contribution in [3.05, 3.63) is 24.4 Å². The number of hydrogen-bond acceptors (Lipinski definition) is 4. The van der Waals surface area contributed by atoms with E-state index in [0.29, 0.717) is 13.0 Å². The summed E-state index contributed by atoms with van der Waals surface area (Å²) in [5.74, 6) is 0.0672. The summed E-state index contributed by atoms with van der Waals surface area (Å²) in [5.41, 5.74) is 1.77. The van der Waals surface area contributed by atoms with Crippen molar-refractivity contribution in [2.75, 3.05) is 11.4 Å². The molecule has 1 atom stereocenters. The number of fused-ring (bicyclic) bond motifs is 1. The number of carbonyl (C=O) groups is 2. The minimum Gasteiger partial charge on any atom is -0.311 e. The zero-order valence-electron chi connectivity index (χ0n) is 10.4. The number of amides is 1. The number of hydrogen-bond donors (Lipinski definition) is 1. The van der Waals surface area contributed by atoms with Gasteiger partial charge in [-0.25, -0.2) is 0 Å². The van der Waals surface area contributed by atoms with Gasteiger partial charge in [0.1, 0.15) is 0 Å². The smallest absolute Gasteiger partial charge is 0.228 e. The molecular formula is C13H13N3O2S. The van der Waals surface area contributed by atoms with Gasteiger partial charge in [0.2, 0.25) is 5.91 Å². The van der Waals surface area contributed by atoms with Crippen LogP contribution < -0.4 is 4.90 Å². The molecule has 19 heavy (non-hydrogen) atoms. The van der Waals surface area contributed by atoms with Gasteiger partial charge in [-0.2, -0.15) is 5.10 Å². The van der Waals surface area contributed by atoms with Crippen LogP contribution in [0.4, 0.5) is 5.69 Å². The summed E-state index contributed by atoms with van der Waals surface area (Å²) in [7, 11) is 0. The Morgan fingerprint density at radius 1 is 1.53 bits per heavy atom. The molecule has 0 radical (unpaired) electrons. The molecule has 1 aliphatic heterocycles. The standard InChI is InChI=1S/C13H13N3O2S/c1-8(17)19-11-5-13(18)16(7-11)10-3-2-9-6-14-15-12(9)4-10/h2-4,6,11H,5,7H2,1H3,(H,14,15). The molecule has 1 unspecified atom stereocenters. The largest absolute Gasteiger partial charge is 0.311 e. The lowest BCUT2D eigenvalue weighted by atomic mass is 10.2. The average molecular weight is 275 g/mol. The molecule has 98 valence electrons. The van der Waals surface area contributed by atoms with E-state index < -0.39 is 0 Å². The Labute approximate surface area is 114 Å². The summed E-state index contributed by atoms with van der Waals surface area (Å²) in [5, 5.41) is 7.99.